The van der Waals surface area contributed by atoms with E-state index >= 15 is 0 Å². The number of hydrogen-bond acceptors (Lipinski definition) is 5. The fraction of sp³-hybridized carbons (Fsp3) is 0.0556. The molecule has 0 saturated carbocycles. The maximum absolute atomic E-state index is 13.0. The van der Waals surface area contributed by atoms with Crippen molar-refractivity contribution in [3.05, 3.63) is 57.6 Å². The van der Waals surface area contributed by atoms with Crippen LogP contribution in [-0.4, -0.2) is 23.7 Å². The average Bonchev–Trinajstić information content (AvgIpc) is 3.05. The van der Waals surface area contributed by atoms with Crippen LogP contribution < -0.4 is 19.7 Å². The Labute approximate surface area is 169 Å². The van der Waals surface area contributed by atoms with E-state index in [0.717, 1.165) is 0 Å². The van der Waals surface area contributed by atoms with Gasteiger partial charge in [0.1, 0.15) is 5.57 Å². The van der Waals surface area contributed by atoms with E-state index in [0.29, 0.717) is 32.8 Å². The molecule has 2 heterocycles. The number of halogens is 2. The van der Waals surface area contributed by atoms with Crippen molar-refractivity contribution in [3.63, 3.8) is 0 Å². The van der Waals surface area contributed by atoms with Crippen LogP contribution in [0.4, 0.5) is 5.69 Å². The highest BCUT2D eigenvalue weighted by Crippen LogP contribution is 2.34. The maximum atomic E-state index is 13.0. The lowest BCUT2D eigenvalue weighted by molar-refractivity contribution is -0.122. The summed E-state index contributed by atoms with van der Waals surface area (Å²) in [6.45, 7) is 0.131. The lowest BCUT2D eigenvalue weighted by Gasteiger charge is -2.29. The van der Waals surface area contributed by atoms with Crippen molar-refractivity contribution < 1.29 is 19.1 Å². The van der Waals surface area contributed by atoms with Gasteiger partial charge in [-0.25, -0.2) is 0 Å². The van der Waals surface area contributed by atoms with Gasteiger partial charge in [0.2, 0.25) is 6.79 Å². The quantitative estimate of drug-likeness (QED) is 0.457. The zero-order valence-electron chi connectivity index (χ0n) is 13.5. The van der Waals surface area contributed by atoms with Crippen LogP contribution in [0.2, 0.25) is 10.0 Å². The van der Waals surface area contributed by atoms with Crippen LogP contribution in [0.25, 0.3) is 6.08 Å². The lowest BCUT2D eigenvalue weighted by Crippen LogP contribution is -2.54. The van der Waals surface area contributed by atoms with Gasteiger partial charge in [-0.2, -0.15) is 0 Å². The second kappa shape index (κ2) is 6.84. The average molecular weight is 421 g/mol. The molecule has 6 nitrogen and oxygen atoms in total. The molecule has 0 aromatic heterocycles. The van der Waals surface area contributed by atoms with Crippen LogP contribution >= 0.6 is 35.4 Å². The van der Waals surface area contributed by atoms with Crippen molar-refractivity contribution in [2.75, 3.05) is 11.7 Å². The van der Waals surface area contributed by atoms with Crippen LogP contribution in [0.1, 0.15) is 5.56 Å². The largest absolute Gasteiger partial charge is 0.454 e. The summed E-state index contributed by atoms with van der Waals surface area (Å²) in [5.74, 6) is -0.0262. The zero-order valence-corrected chi connectivity index (χ0v) is 15.8. The third-order valence-corrected chi connectivity index (χ3v) is 4.64. The van der Waals surface area contributed by atoms with Crippen molar-refractivity contribution in [2.24, 2.45) is 0 Å². The molecule has 2 aromatic carbocycles. The summed E-state index contributed by atoms with van der Waals surface area (Å²) in [6.07, 6.45) is 1.46. The van der Waals surface area contributed by atoms with Gasteiger partial charge in [-0.05, 0) is 54.2 Å². The Bertz CT molecular complexity index is 1020. The topological polar surface area (TPSA) is 67.9 Å². The zero-order chi connectivity index (χ0) is 19.1. The van der Waals surface area contributed by atoms with Crippen molar-refractivity contribution in [1.29, 1.82) is 0 Å². The highest BCUT2D eigenvalue weighted by molar-refractivity contribution is 7.80. The van der Waals surface area contributed by atoms with Crippen molar-refractivity contribution in [2.45, 2.75) is 0 Å². The molecule has 2 aliphatic heterocycles. The summed E-state index contributed by atoms with van der Waals surface area (Å²) in [5, 5.41) is 3.14. The number of hydrogen-bond donors (Lipinski definition) is 1. The lowest BCUT2D eigenvalue weighted by atomic mass is 10.1. The number of benzene rings is 2. The smallest absolute Gasteiger partial charge is 0.270 e. The van der Waals surface area contributed by atoms with Crippen LogP contribution in [-0.2, 0) is 9.59 Å². The number of carbonyl (C=O) groups is 2. The third-order valence-electron chi connectivity index (χ3n) is 3.91. The first-order chi connectivity index (χ1) is 12.9. The van der Waals surface area contributed by atoms with E-state index in [1.165, 1.54) is 29.2 Å². The number of nitrogens with zero attached hydrogens (tertiary/aromatic N) is 1. The van der Waals surface area contributed by atoms with Gasteiger partial charge in [0.15, 0.2) is 16.6 Å². The first-order valence-corrected chi connectivity index (χ1v) is 8.86. The van der Waals surface area contributed by atoms with E-state index in [1.54, 1.807) is 18.2 Å². The Morgan fingerprint density at radius 2 is 1.74 bits per heavy atom. The first kappa shape index (κ1) is 17.8. The standard InChI is InChI=1S/C18H10Cl2N2O4S/c19-10-5-11(20)7-12(6-10)22-17(24)13(16(23)21-18(22)27)3-9-1-2-14-15(4-9)26-8-25-14/h1-7H,8H2,(H,21,23,27)/b13-3+. The molecule has 2 aromatic rings. The van der Waals surface area contributed by atoms with E-state index < -0.39 is 11.8 Å². The van der Waals surface area contributed by atoms with Crippen molar-refractivity contribution in [3.8, 4) is 11.5 Å². The number of thiocarbonyl (C=S) groups is 1. The predicted molar refractivity (Wildman–Crippen MR) is 105 cm³/mol. The molecule has 2 aliphatic rings. The van der Waals surface area contributed by atoms with E-state index in [-0.39, 0.29) is 17.5 Å². The van der Waals surface area contributed by atoms with Crippen molar-refractivity contribution in [1.82, 2.24) is 5.32 Å². The summed E-state index contributed by atoms with van der Waals surface area (Å²) in [6, 6.07) is 9.71. The van der Waals surface area contributed by atoms with Gasteiger partial charge in [0.25, 0.3) is 11.8 Å². The van der Waals surface area contributed by atoms with Gasteiger partial charge < -0.3 is 9.47 Å². The number of rotatable bonds is 2. The van der Waals surface area contributed by atoms with E-state index in [2.05, 4.69) is 5.32 Å². The normalized spacial score (nSPS) is 17.5. The number of fused-ring (bicyclic) bond motifs is 1. The second-order valence-corrected chi connectivity index (χ2v) is 6.96. The molecule has 0 bridgehead atoms. The molecule has 136 valence electrons. The summed E-state index contributed by atoms with van der Waals surface area (Å²) in [7, 11) is 0. The molecule has 0 spiro atoms. The Balaban J connectivity index is 1.73. The van der Waals surface area contributed by atoms with Gasteiger partial charge in [-0.1, -0.05) is 29.3 Å². The molecular formula is C18H10Cl2N2O4S. The van der Waals surface area contributed by atoms with Gasteiger partial charge in [0, 0.05) is 10.0 Å². The monoisotopic (exact) mass is 420 g/mol. The Morgan fingerprint density at radius 3 is 2.48 bits per heavy atom. The minimum absolute atomic E-state index is 0.0498. The van der Waals surface area contributed by atoms with Gasteiger partial charge in [0.05, 0.1) is 5.69 Å². The highest BCUT2D eigenvalue weighted by atomic mass is 35.5. The van der Waals surface area contributed by atoms with Crippen molar-refractivity contribution >= 4 is 64.1 Å². The minimum atomic E-state index is -0.591. The second-order valence-electron chi connectivity index (χ2n) is 5.70. The number of amides is 2. The molecular weight excluding hydrogens is 411 g/mol. The number of ether oxygens (including phenoxy) is 2. The minimum Gasteiger partial charge on any atom is -0.454 e. The number of nitrogens with one attached hydrogen (secondary N) is 1. The summed E-state index contributed by atoms with van der Waals surface area (Å²) in [5.41, 5.74) is 0.882. The SMILES string of the molecule is O=C1NC(=S)N(c2cc(Cl)cc(Cl)c2)C(=O)/C1=C/c1ccc2c(c1)OCO2. The molecule has 0 atom stereocenters. The molecule has 0 aliphatic carbocycles. The Hall–Kier alpha value is -2.61. The van der Waals surface area contributed by atoms with Crippen LogP contribution in [0.3, 0.4) is 0 Å². The molecule has 0 unspecified atom stereocenters. The Kier molecular flexibility index (Phi) is 4.51. The van der Waals surface area contributed by atoms with Crippen LogP contribution in [0.15, 0.2) is 42.0 Å². The Morgan fingerprint density at radius 1 is 1.04 bits per heavy atom. The summed E-state index contributed by atoms with van der Waals surface area (Å²) >= 11 is 17.2. The number of anilines is 1. The third kappa shape index (κ3) is 3.37. The highest BCUT2D eigenvalue weighted by Gasteiger charge is 2.34. The molecule has 1 N–H and O–H groups in total. The molecule has 4 rings (SSSR count). The van der Waals surface area contributed by atoms with E-state index in [9.17, 15) is 9.59 Å². The van der Waals surface area contributed by atoms with E-state index in [1.807, 2.05) is 0 Å². The molecule has 1 fully saturated rings. The van der Waals surface area contributed by atoms with Gasteiger partial charge >= 0.3 is 0 Å². The molecule has 9 heteroatoms. The van der Waals surface area contributed by atoms with Gasteiger partial charge in [-0.15, -0.1) is 0 Å². The summed E-state index contributed by atoms with van der Waals surface area (Å²) in [4.78, 5) is 26.5. The van der Waals surface area contributed by atoms with Crippen LogP contribution in [0.5, 0.6) is 11.5 Å². The maximum Gasteiger partial charge on any atom is 0.270 e. The van der Waals surface area contributed by atoms with E-state index in [4.69, 9.17) is 44.9 Å². The van der Waals surface area contributed by atoms with Gasteiger partial charge in [-0.3, -0.25) is 19.8 Å². The molecule has 0 radical (unpaired) electrons. The predicted octanol–water partition coefficient (Wildman–Crippen LogP) is 3.55. The fourth-order valence-corrected chi connectivity index (χ4v) is 3.53. The molecule has 2 amide bonds. The first-order valence-electron chi connectivity index (χ1n) is 7.69. The number of carbonyl (C=O) groups excluding carboxylic acids is 2. The molecule has 27 heavy (non-hydrogen) atoms. The van der Waals surface area contributed by atoms with Crippen LogP contribution in [0, 0.1) is 0 Å². The summed E-state index contributed by atoms with van der Waals surface area (Å²) < 4.78 is 10.6. The fourth-order valence-electron chi connectivity index (χ4n) is 2.73. The molecule has 1 saturated heterocycles.